The zero-order valence-electron chi connectivity index (χ0n) is 11.5. The van der Waals surface area contributed by atoms with Crippen LogP contribution in [0.5, 0.6) is 0 Å². The molecule has 2 heterocycles. The van der Waals surface area contributed by atoms with Crippen LogP contribution < -0.4 is 4.90 Å². The smallest absolute Gasteiger partial charge is 0.164 e. The minimum Gasteiger partial charge on any atom is -0.365 e. The maximum Gasteiger partial charge on any atom is 0.164 e. The van der Waals surface area contributed by atoms with Gasteiger partial charge in [-0.25, -0.2) is 4.39 Å². The molecule has 106 valence electrons. The van der Waals surface area contributed by atoms with Gasteiger partial charge in [-0.05, 0) is 6.07 Å². The molecule has 0 aliphatic heterocycles. The summed E-state index contributed by atoms with van der Waals surface area (Å²) in [4.78, 5) is 5.50. The molecule has 0 atom stereocenters. The van der Waals surface area contributed by atoms with E-state index in [4.69, 9.17) is 4.52 Å². The molecule has 2 aromatic heterocycles. The third-order valence-electron chi connectivity index (χ3n) is 3.18. The second kappa shape index (κ2) is 5.75. The molecule has 5 heteroatoms. The Morgan fingerprint density at radius 1 is 1.19 bits per heavy atom. The van der Waals surface area contributed by atoms with Gasteiger partial charge in [-0.3, -0.25) is 4.98 Å². The molecule has 0 saturated carbocycles. The summed E-state index contributed by atoms with van der Waals surface area (Å²) in [7, 11) is 1.79. The zero-order valence-corrected chi connectivity index (χ0v) is 11.5. The Hall–Kier alpha value is -2.69. The van der Waals surface area contributed by atoms with Gasteiger partial charge in [0.1, 0.15) is 5.69 Å². The molecule has 0 saturated heterocycles. The Balaban J connectivity index is 1.77. The van der Waals surface area contributed by atoms with Crippen molar-refractivity contribution in [3.05, 3.63) is 66.4 Å². The lowest BCUT2D eigenvalue weighted by Crippen LogP contribution is -2.17. The number of aromatic nitrogens is 2. The fourth-order valence-electron chi connectivity index (χ4n) is 2.13. The Morgan fingerprint density at radius 3 is 2.76 bits per heavy atom. The molecule has 0 aliphatic carbocycles. The van der Waals surface area contributed by atoms with E-state index in [0.717, 1.165) is 11.3 Å². The van der Waals surface area contributed by atoms with Crippen molar-refractivity contribution in [1.29, 1.82) is 0 Å². The first-order valence-electron chi connectivity index (χ1n) is 6.56. The van der Waals surface area contributed by atoms with E-state index in [0.29, 0.717) is 18.0 Å². The molecule has 21 heavy (non-hydrogen) atoms. The highest BCUT2D eigenvalue weighted by molar-refractivity contribution is 5.58. The summed E-state index contributed by atoms with van der Waals surface area (Å²) in [6, 6.07) is 13.3. The van der Waals surface area contributed by atoms with Crippen molar-refractivity contribution in [3.8, 4) is 11.3 Å². The van der Waals surface area contributed by atoms with E-state index in [1.807, 2.05) is 36.4 Å². The zero-order chi connectivity index (χ0) is 14.7. The Morgan fingerprint density at radius 2 is 2.00 bits per heavy atom. The molecule has 4 nitrogen and oxygen atoms in total. The van der Waals surface area contributed by atoms with Crippen LogP contribution in [0.1, 0.15) is 5.76 Å². The first-order chi connectivity index (χ1) is 10.2. The maximum absolute atomic E-state index is 13.7. The van der Waals surface area contributed by atoms with Crippen LogP contribution in [0.3, 0.4) is 0 Å². The van der Waals surface area contributed by atoms with E-state index in [9.17, 15) is 4.39 Å². The molecule has 0 amide bonds. The molecule has 0 aliphatic rings. The normalized spacial score (nSPS) is 10.6. The van der Waals surface area contributed by atoms with Gasteiger partial charge < -0.3 is 9.42 Å². The number of hydrogen-bond acceptors (Lipinski definition) is 4. The molecular formula is C16H14FN3O. The van der Waals surface area contributed by atoms with Crippen molar-refractivity contribution < 1.29 is 8.91 Å². The predicted octanol–water partition coefficient (Wildman–Crippen LogP) is 3.51. The molecule has 0 spiro atoms. The number of anilines is 1. The van der Waals surface area contributed by atoms with Crippen molar-refractivity contribution in [3.63, 3.8) is 0 Å². The van der Waals surface area contributed by atoms with E-state index in [1.54, 1.807) is 24.2 Å². The largest absolute Gasteiger partial charge is 0.365 e. The van der Waals surface area contributed by atoms with Crippen molar-refractivity contribution in [1.82, 2.24) is 10.1 Å². The summed E-state index contributed by atoms with van der Waals surface area (Å²) >= 11 is 0. The Kier molecular flexibility index (Phi) is 3.64. The second-order valence-electron chi connectivity index (χ2n) is 4.73. The van der Waals surface area contributed by atoms with Gasteiger partial charge in [0.05, 0.1) is 18.4 Å². The number of nitrogens with zero attached hydrogens (tertiary/aromatic N) is 3. The first-order valence-corrected chi connectivity index (χ1v) is 6.56. The summed E-state index contributed by atoms with van der Waals surface area (Å²) in [5.41, 5.74) is 2.24. The van der Waals surface area contributed by atoms with E-state index in [2.05, 4.69) is 10.1 Å². The lowest BCUT2D eigenvalue weighted by molar-refractivity contribution is 0.384. The van der Waals surface area contributed by atoms with Crippen molar-refractivity contribution in [2.45, 2.75) is 6.54 Å². The summed E-state index contributed by atoms with van der Waals surface area (Å²) in [5.74, 6) is 0.315. The van der Waals surface area contributed by atoms with Gasteiger partial charge >= 0.3 is 0 Å². The van der Waals surface area contributed by atoms with Crippen LogP contribution in [-0.4, -0.2) is 17.2 Å². The monoisotopic (exact) mass is 283 g/mol. The number of halogens is 1. The standard InChI is InChI=1S/C16H14FN3O/c1-20(16-7-8-18-10-14(16)17)11-13-9-15(19-21-13)12-5-3-2-4-6-12/h2-10H,11H2,1H3. The van der Waals surface area contributed by atoms with Crippen molar-refractivity contribution in [2.75, 3.05) is 11.9 Å². The van der Waals surface area contributed by atoms with Crippen LogP contribution in [-0.2, 0) is 6.54 Å². The lowest BCUT2D eigenvalue weighted by atomic mass is 10.1. The van der Waals surface area contributed by atoms with Gasteiger partial charge in [-0.2, -0.15) is 0 Å². The van der Waals surface area contributed by atoms with Crippen LogP contribution >= 0.6 is 0 Å². The van der Waals surface area contributed by atoms with E-state index in [-0.39, 0.29) is 5.82 Å². The third kappa shape index (κ3) is 2.91. The van der Waals surface area contributed by atoms with Crippen LogP contribution in [0.25, 0.3) is 11.3 Å². The summed E-state index contributed by atoms with van der Waals surface area (Å²) in [6.45, 7) is 0.431. The summed E-state index contributed by atoms with van der Waals surface area (Å²) < 4.78 is 19.0. The van der Waals surface area contributed by atoms with Gasteiger partial charge in [-0.1, -0.05) is 35.5 Å². The quantitative estimate of drug-likeness (QED) is 0.734. The molecule has 0 N–H and O–H groups in total. The Bertz CT molecular complexity index is 727. The molecule has 1 aromatic carbocycles. The minimum absolute atomic E-state index is 0.359. The first kappa shape index (κ1) is 13.3. The molecule has 0 radical (unpaired) electrons. The average molecular weight is 283 g/mol. The van der Waals surface area contributed by atoms with Crippen molar-refractivity contribution >= 4 is 5.69 Å². The molecular weight excluding hydrogens is 269 g/mol. The SMILES string of the molecule is CN(Cc1cc(-c2ccccc2)no1)c1ccncc1F. The third-order valence-corrected chi connectivity index (χ3v) is 3.18. The lowest BCUT2D eigenvalue weighted by Gasteiger charge is -2.17. The fraction of sp³-hybridized carbons (Fsp3) is 0.125. The molecule has 3 rings (SSSR count). The summed E-state index contributed by atoms with van der Waals surface area (Å²) in [6.07, 6.45) is 2.76. The van der Waals surface area contributed by atoms with Gasteiger partial charge in [0.25, 0.3) is 0 Å². The van der Waals surface area contributed by atoms with Crippen LogP contribution in [0.4, 0.5) is 10.1 Å². The van der Waals surface area contributed by atoms with Crippen LogP contribution in [0, 0.1) is 5.82 Å². The number of hydrogen-bond donors (Lipinski definition) is 0. The van der Waals surface area contributed by atoms with E-state index < -0.39 is 0 Å². The second-order valence-corrected chi connectivity index (χ2v) is 4.73. The predicted molar refractivity (Wildman–Crippen MR) is 78.2 cm³/mol. The molecule has 0 bridgehead atoms. The number of pyridine rings is 1. The van der Waals surface area contributed by atoms with Crippen molar-refractivity contribution in [2.24, 2.45) is 0 Å². The number of rotatable bonds is 4. The topological polar surface area (TPSA) is 42.2 Å². The number of benzene rings is 1. The maximum atomic E-state index is 13.7. The molecule has 0 fully saturated rings. The van der Waals surface area contributed by atoms with Gasteiger partial charge in [0, 0.05) is 24.9 Å². The van der Waals surface area contributed by atoms with Crippen LogP contribution in [0.2, 0.25) is 0 Å². The summed E-state index contributed by atoms with van der Waals surface area (Å²) in [5, 5.41) is 4.05. The minimum atomic E-state index is -0.359. The van der Waals surface area contributed by atoms with Gasteiger partial charge in [0.2, 0.25) is 0 Å². The van der Waals surface area contributed by atoms with Gasteiger partial charge in [0.15, 0.2) is 11.6 Å². The van der Waals surface area contributed by atoms with Crippen LogP contribution in [0.15, 0.2) is 59.4 Å². The molecule has 0 unspecified atom stereocenters. The average Bonchev–Trinajstić information content (AvgIpc) is 2.97. The Labute approximate surface area is 121 Å². The fourth-order valence-corrected chi connectivity index (χ4v) is 2.13. The molecule has 3 aromatic rings. The van der Waals surface area contributed by atoms with Gasteiger partial charge in [-0.15, -0.1) is 0 Å². The van der Waals surface area contributed by atoms with E-state index >= 15 is 0 Å². The van der Waals surface area contributed by atoms with E-state index in [1.165, 1.54) is 6.20 Å². The highest BCUT2D eigenvalue weighted by atomic mass is 19.1. The highest BCUT2D eigenvalue weighted by Gasteiger charge is 2.12. The highest BCUT2D eigenvalue weighted by Crippen LogP contribution is 2.22.